The van der Waals surface area contributed by atoms with E-state index in [4.69, 9.17) is 9.15 Å². The van der Waals surface area contributed by atoms with Crippen molar-refractivity contribution in [2.24, 2.45) is 0 Å². The third-order valence-electron chi connectivity index (χ3n) is 4.83. The number of hydrogen-bond donors (Lipinski definition) is 2. The van der Waals surface area contributed by atoms with Gasteiger partial charge >= 0.3 is 12.2 Å². The Balaban J connectivity index is 1.81. The molecule has 0 saturated heterocycles. The van der Waals surface area contributed by atoms with Crippen LogP contribution in [0.5, 0.6) is 0 Å². The van der Waals surface area contributed by atoms with Crippen molar-refractivity contribution < 1.29 is 33.0 Å². The molecule has 0 radical (unpaired) electrons. The van der Waals surface area contributed by atoms with Crippen molar-refractivity contribution >= 4 is 18.0 Å². The van der Waals surface area contributed by atoms with E-state index in [9.17, 15) is 23.9 Å². The van der Waals surface area contributed by atoms with Crippen LogP contribution >= 0.6 is 0 Å². The van der Waals surface area contributed by atoms with Gasteiger partial charge < -0.3 is 19.6 Å². The lowest BCUT2D eigenvalue weighted by atomic mass is 10.1. The standard InChI is InChI=1S/C25H27FN4O6/c1-25(2,3)36-23(32)29-18(7-5-4-6-8-20(31)22-27-13-14-35-22)21-28-19(15-30(21)24(33)34)16-9-11-17(26)12-10-16/h4-5,9-15,18H,6-8H2,1-3H3,(H,29,32)(H,33,34). The number of ketones is 1. The maximum atomic E-state index is 13.3. The summed E-state index contributed by atoms with van der Waals surface area (Å²) in [7, 11) is 0. The lowest BCUT2D eigenvalue weighted by Crippen LogP contribution is -2.36. The molecule has 1 atom stereocenters. The third kappa shape index (κ3) is 7.36. The van der Waals surface area contributed by atoms with Crippen LogP contribution in [0.25, 0.3) is 11.3 Å². The number of nitrogens with one attached hydrogen (secondary N) is 1. The van der Waals surface area contributed by atoms with Gasteiger partial charge in [-0.1, -0.05) is 12.2 Å². The number of carbonyl (C=O) groups is 3. The van der Waals surface area contributed by atoms with Gasteiger partial charge in [0.2, 0.25) is 5.78 Å². The number of amides is 1. The highest BCUT2D eigenvalue weighted by atomic mass is 19.1. The molecule has 36 heavy (non-hydrogen) atoms. The number of aromatic nitrogens is 3. The number of allylic oxidation sites excluding steroid dienone is 1. The molecule has 1 aromatic carbocycles. The van der Waals surface area contributed by atoms with Gasteiger partial charge in [0.25, 0.3) is 5.89 Å². The average molecular weight is 499 g/mol. The third-order valence-corrected chi connectivity index (χ3v) is 4.83. The number of halogens is 1. The fourth-order valence-corrected chi connectivity index (χ4v) is 3.26. The number of ether oxygens (including phenoxy) is 1. The second-order valence-corrected chi connectivity index (χ2v) is 8.85. The molecule has 2 aromatic heterocycles. The number of alkyl carbamates (subject to hydrolysis) is 1. The highest BCUT2D eigenvalue weighted by Gasteiger charge is 2.26. The molecule has 0 aliphatic rings. The zero-order chi connectivity index (χ0) is 26.3. The number of carboxylic acid groups (broad SMARTS) is 1. The van der Waals surface area contributed by atoms with E-state index < -0.39 is 29.6 Å². The molecule has 3 aromatic rings. The quantitative estimate of drug-likeness (QED) is 0.296. The monoisotopic (exact) mass is 498 g/mol. The van der Waals surface area contributed by atoms with Gasteiger partial charge in [-0.05, 0) is 57.9 Å². The number of hydrogen-bond acceptors (Lipinski definition) is 7. The van der Waals surface area contributed by atoms with Crippen LogP contribution < -0.4 is 5.32 Å². The van der Waals surface area contributed by atoms with Crippen LogP contribution in [0.3, 0.4) is 0 Å². The molecule has 0 saturated carbocycles. The average Bonchev–Trinajstić information content (AvgIpc) is 3.48. The Morgan fingerprint density at radius 3 is 2.56 bits per heavy atom. The molecule has 1 unspecified atom stereocenters. The maximum absolute atomic E-state index is 13.3. The summed E-state index contributed by atoms with van der Waals surface area (Å²) in [5, 5.41) is 12.4. The first kappa shape index (κ1) is 26.3. The molecule has 0 fully saturated rings. The zero-order valence-corrected chi connectivity index (χ0v) is 20.1. The maximum Gasteiger partial charge on any atom is 0.417 e. The van der Waals surface area contributed by atoms with Crippen molar-refractivity contribution in [3.05, 3.63) is 72.6 Å². The van der Waals surface area contributed by atoms with E-state index in [0.717, 1.165) is 4.57 Å². The molecule has 11 heteroatoms. The van der Waals surface area contributed by atoms with Crippen LogP contribution in [0.15, 0.2) is 59.5 Å². The van der Waals surface area contributed by atoms with Gasteiger partial charge in [0, 0.05) is 18.2 Å². The highest BCUT2D eigenvalue weighted by Crippen LogP contribution is 2.25. The number of oxazole rings is 1. The van der Waals surface area contributed by atoms with Crippen molar-refractivity contribution in [1.82, 2.24) is 19.9 Å². The second kappa shape index (κ2) is 11.4. The van der Waals surface area contributed by atoms with Gasteiger partial charge in [-0.15, -0.1) is 0 Å². The minimum Gasteiger partial charge on any atom is -0.464 e. The van der Waals surface area contributed by atoms with E-state index in [1.165, 1.54) is 42.9 Å². The topological polar surface area (TPSA) is 137 Å². The molecule has 2 N–H and O–H groups in total. The van der Waals surface area contributed by atoms with Crippen molar-refractivity contribution in [2.75, 3.05) is 0 Å². The smallest absolute Gasteiger partial charge is 0.417 e. The SMILES string of the molecule is CC(C)(C)OC(=O)NC(CC=CCCC(=O)c1ncco1)c1nc(-c2ccc(F)cc2)cn1C(=O)O. The summed E-state index contributed by atoms with van der Waals surface area (Å²) in [6, 6.07) is 4.58. The normalized spacial score (nSPS) is 12.4. The lowest BCUT2D eigenvalue weighted by molar-refractivity contribution is 0.0500. The van der Waals surface area contributed by atoms with Crippen molar-refractivity contribution in [3.8, 4) is 11.3 Å². The van der Waals surface area contributed by atoms with Crippen molar-refractivity contribution in [3.63, 3.8) is 0 Å². The predicted octanol–water partition coefficient (Wildman–Crippen LogP) is 5.38. The first-order chi connectivity index (χ1) is 17.0. The number of imidazole rings is 1. The minimum absolute atomic E-state index is 0.0321. The molecule has 0 spiro atoms. The van der Waals surface area contributed by atoms with Crippen LogP contribution in [0.4, 0.5) is 14.0 Å². The summed E-state index contributed by atoms with van der Waals surface area (Å²) < 4.78 is 24.6. The predicted molar refractivity (Wildman–Crippen MR) is 127 cm³/mol. The fraction of sp³-hybridized carbons (Fsp3) is 0.320. The molecular formula is C25H27FN4O6. The van der Waals surface area contributed by atoms with Crippen LogP contribution in [0.1, 0.15) is 62.6 Å². The van der Waals surface area contributed by atoms with Crippen LogP contribution in [-0.4, -0.2) is 43.2 Å². The number of nitrogens with zero attached hydrogens (tertiary/aromatic N) is 3. The van der Waals surface area contributed by atoms with Crippen LogP contribution in [0.2, 0.25) is 0 Å². The van der Waals surface area contributed by atoms with Gasteiger partial charge in [-0.2, -0.15) is 0 Å². The molecule has 0 bridgehead atoms. The van der Waals surface area contributed by atoms with E-state index in [1.54, 1.807) is 32.9 Å². The van der Waals surface area contributed by atoms with Gasteiger partial charge in [0.05, 0.1) is 17.9 Å². The zero-order valence-electron chi connectivity index (χ0n) is 20.1. The highest BCUT2D eigenvalue weighted by molar-refractivity contribution is 5.91. The Kier molecular flexibility index (Phi) is 8.36. The molecule has 10 nitrogen and oxygen atoms in total. The number of benzene rings is 1. The van der Waals surface area contributed by atoms with Gasteiger partial charge in [0.1, 0.15) is 23.5 Å². The van der Waals surface area contributed by atoms with E-state index in [0.29, 0.717) is 17.7 Å². The van der Waals surface area contributed by atoms with Crippen LogP contribution in [-0.2, 0) is 4.74 Å². The summed E-state index contributed by atoms with van der Waals surface area (Å²) in [4.78, 5) is 44.7. The van der Waals surface area contributed by atoms with Gasteiger partial charge in [0.15, 0.2) is 0 Å². The largest absolute Gasteiger partial charge is 0.464 e. The Labute approximate surface area is 206 Å². The second-order valence-electron chi connectivity index (χ2n) is 8.85. The summed E-state index contributed by atoms with van der Waals surface area (Å²) in [5.41, 5.74) is 0.0322. The van der Waals surface area contributed by atoms with Crippen LogP contribution in [0, 0.1) is 5.82 Å². The van der Waals surface area contributed by atoms with Crippen molar-refractivity contribution in [1.29, 1.82) is 0 Å². The van der Waals surface area contributed by atoms with E-state index >= 15 is 0 Å². The Morgan fingerprint density at radius 2 is 1.94 bits per heavy atom. The Bertz CT molecular complexity index is 1230. The molecule has 0 aliphatic heterocycles. The molecule has 1 amide bonds. The molecule has 2 heterocycles. The minimum atomic E-state index is -1.30. The number of rotatable bonds is 9. The van der Waals surface area contributed by atoms with E-state index in [2.05, 4.69) is 15.3 Å². The molecular weight excluding hydrogens is 471 g/mol. The van der Waals surface area contributed by atoms with Gasteiger partial charge in [-0.25, -0.2) is 28.5 Å². The number of Topliss-reactive ketones (excluding diaryl/α,β-unsaturated/α-hetero) is 1. The van der Waals surface area contributed by atoms with E-state index in [1.807, 2.05) is 0 Å². The summed E-state index contributed by atoms with van der Waals surface area (Å²) in [6.45, 7) is 5.12. The fourth-order valence-electron chi connectivity index (χ4n) is 3.26. The molecule has 0 aliphatic carbocycles. The summed E-state index contributed by atoms with van der Waals surface area (Å²) in [5.74, 6) is -0.608. The number of carbonyl (C=O) groups excluding carboxylic acids is 2. The molecule has 3 rings (SSSR count). The summed E-state index contributed by atoms with van der Waals surface area (Å²) >= 11 is 0. The van der Waals surface area contributed by atoms with Crippen molar-refractivity contribution in [2.45, 2.75) is 51.7 Å². The van der Waals surface area contributed by atoms with Gasteiger partial charge in [-0.3, -0.25) is 4.79 Å². The Hall–Kier alpha value is -4.28. The first-order valence-corrected chi connectivity index (χ1v) is 11.2. The molecule has 190 valence electrons. The Morgan fingerprint density at radius 1 is 1.22 bits per heavy atom. The first-order valence-electron chi connectivity index (χ1n) is 11.2. The lowest BCUT2D eigenvalue weighted by Gasteiger charge is -2.23. The summed E-state index contributed by atoms with van der Waals surface area (Å²) in [6.07, 6.45) is 6.12. The van der Waals surface area contributed by atoms with E-state index in [-0.39, 0.29) is 30.3 Å².